The van der Waals surface area contributed by atoms with Crippen molar-refractivity contribution in [3.63, 3.8) is 0 Å². The van der Waals surface area contributed by atoms with Crippen LogP contribution in [0.5, 0.6) is 0 Å². The van der Waals surface area contributed by atoms with Gasteiger partial charge in [0.25, 0.3) is 0 Å². The van der Waals surface area contributed by atoms with Crippen LogP contribution in [0.25, 0.3) is 10.9 Å². The van der Waals surface area contributed by atoms with Crippen molar-refractivity contribution in [2.45, 2.75) is 20.0 Å². The molecular formula is C14H16ClNO3. The predicted molar refractivity (Wildman–Crippen MR) is 74.6 cm³/mol. The third-order valence-electron chi connectivity index (χ3n) is 2.98. The highest BCUT2D eigenvalue weighted by molar-refractivity contribution is 6.18. The first-order chi connectivity index (χ1) is 9.21. The second-order valence-electron chi connectivity index (χ2n) is 4.18. The second-order valence-corrected chi connectivity index (χ2v) is 4.55. The molecule has 1 heterocycles. The summed E-state index contributed by atoms with van der Waals surface area (Å²) in [5.74, 6) is 0.0607. The zero-order valence-corrected chi connectivity index (χ0v) is 11.5. The van der Waals surface area contributed by atoms with Gasteiger partial charge >= 0.3 is 5.97 Å². The van der Waals surface area contributed by atoms with Gasteiger partial charge in [0.1, 0.15) is 5.69 Å². The topological polar surface area (TPSA) is 62.3 Å². The molecule has 0 amide bonds. The molecule has 0 spiro atoms. The number of aryl methyl sites for hydroxylation is 1. The van der Waals surface area contributed by atoms with Crippen LogP contribution in [0.15, 0.2) is 18.2 Å². The maximum absolute atomic E-state index is 11.9. The van der Waals surface area contributed by atoms with E-state index in [9.17, 15) is 4.79 Å². The predicted octanol–water partition coefficient (Wildman–Crippen LogP) is 2.62. The fourth-order valence-corrected chi connectivity index (χ4v) is 2.32. The maximum atomic E-state index is 11.9. The molecule has 5 heteroatoms. The molecule has 0 atom stereocenters. The van der Waals surface area contributed by atoms with Gasteiger partial charge < -0.3 is 14.8 Å². The van der Waals surface area contributed by atoms with Gasteiger partial charge in [-0.05, 0) is 30.5 Å². The Labute approximate surface area is 116 Å². The molecule has 0 radical (unpaired) electrons. The van der Waals surface area contributed by atoms with E-state index < -0.39 is 0 Å². The minimum Gasteiger partial charge on any atom is -0.461 e. The summed E-state index contributed by atoms with van der Waals surface area (Å²) in [6.07, 6.45) is 0.591. The number of fused-ring (bicyclic) bond motifs is 1. The Bertz CT molecular complexity index is 592. The SMILES string of the molecule is CCOC(=O)c1[nH]c2cc(CO)ccc2c1CCCl. The molecule has 4 nitrogen and oxygen atoms in total. The van der Waals surface area contributed by atoms with Gasteiger partial charge in [0.05, 0.1) is 13.2 Å². The largest absolute Gasteiger partial charge is 0.461 e. The van der Waals surface area contributed by atoms with Crippen LogP contribution in [0.1, 0.15) is 28.5 Å². The van der Waals surface area contributed by atoms with Crippen molar-refractivity contribution in [1.82, 2.24) is 4.98 Å². The molecule has 0 aliphatic rings. The number of halogens is 1. The second kappa shape index (κ2) is 6.08. The Morgan fingerprint density at radius 3 is 2.89 bits per heavy atom. The summed E-state index contributed by atoms with van der Waals surface area (Å²) in [4.78, 5) is 15.0. The summed E-state index contributed by atoms with van der Waals surface area (Å²) >= 11 is 5.80. The highest BCUT2D eigenvalue weighted by Gasteiger charge is 2.18. The molecular weight excluding hydrogens is 266 g/mol. The number of carbonyl (C=O) groups excluding carboxylic acids is 1. The van der Waals surface area contributed by atoms with Crippen LogP contribution < -0.4 is 0 Å². The molecule has 19 heavy (non-hydrogen) atoms. The average molecular weight is 282 g/mol. The van der Waals surface area contributed by atoms with E-state index in [1.165, 1.54) is 0 Å². The first-order valence-electron chi connectivity index (χ1n) is 6.18. The van der Waals surface area contributed by atoms with Crippen LogP contribution in [-0.2, 0) is 17.8 Å². The van der Waals surface area contributed by atoms with Crippen molar-refractivity contribution >= 4 is 28.5 Å². The van der Waals surface area contributed by atoms with Gasteiger partial charge in [-0.2, -0.15) is 0 Å². The fraction of sp³-hybridized carbons (Fsp3) is 0.357. The molecule has 0 fully saturated rings. The Morgan fingerprint density at radius 2 is 2.26 bits per heavy atom. The summed E-state index contributed by atoms with van der Waals surface area (Å²) in [7, 11) is 0. The van der Waals surface area contributed by atoms with Crippen LogP contribution in [0.2, 0.25) is 0 Å². The van der Waals surface area contributed by atoms with Crippen molar-refractivity contribution < 1.29 is 14.6 Å². The van der Waals surface area contributed by atoms with Gasteiger partial charge in [-0.1, -0.05) is 12.1 Å². The number of hydrogen-bond donors (Lipinski definition) is 2. The Hall–Kier alpha value is -1.52. The Morgan fingerprint density at radius 1 is 1.47 bits per heavy atom. The monoisotopic (exact) mass is 281 g/mol. The first-order valence-corrected chi connectivity index (χ1v) is 6.72. The van der Waals surface area contributed by atoms with E-state index in [4.69, 9.17) is 21.4 Å². The molecule has 1 aromatic carbocycles. The molecule has 0 saturated heterocycles. The van der Waals surface area contributed by atoms with E-state index in [-0.39, 0.29) is 12.6 Å². The Kier molecular flexibility index (Phi) is 4.45. The zero-order chi connectivity index (χ0) is 13.8. The third kappa shape index (κ3) is 2.74. The molecule has 0 bridgehead atoms. The number of H-pyrrole nitrogens is 1. The van der Waals surface area contributed by atoms with Crippen LogP contribution in [0.3, 0.4) is 0 Å². The number of alkyl halides is 1. The lowest BCUT2D eigenvalue weighted by Crippen LogP contribution is -2.08. The zero-order valence-electron chi connectivity index (χ0n) is 10.7. The van der Waals surface area contributed by atoms with Crippen LogP contribution >= 0.6 is 11.6 Å². The summed E-state index contributed by atoms with van der Waals surface area (Å²) in [5.41, 5.74) is 2.93. The average Bonchev–Trinajstić information content (AvgIpc) is 2.77. The standard InChI is InChI=1S/C14H16ClNO3/c1-2-19-14(18)13-11(5-6-15)10-4-3-9(8-17)7-12(10)16-13/h3-4,7,16-17H,2,5-6,8H2,1H3. The quantitative estimate of drug-likeness (QED) is 0.654. The molecule has 0 unspecified atom stereocenters. The lowest BCUT2D eigenvalue weighted by Gasteiger charge is -2.02. The molecule has 0 aliphatic carbocycles. The lowest BCUT2D eigenvalue weighted by atomic mass is 10.1. The molecule has 102 valence electrons. The third-order valence-corrected chi connectivity index (χ3v) is 3.17. The fourth-order valence-electron chi connectivity index (χ4n) is 2.13. The van der Waals surface area contributed by atoms with Crippen LogP contribution in [0.4, 0.5) is 0 Å². The number of aliphatic hydroxyl groups is 1. The number of esters is 1. The molecule has 1 aromatic heterocycles. The number of nitrogens with one attached hydrogen (secondary N) is 1. The minimum atomic E-state index is -0.371. The number of aromatic amines is 1. The van der Waals surface area contributed by atoms with E-state index in [1.54, 1.807) is 6.92 Å². The summed E-state index contributed by atoms with van der Waals surface area (Å²) < 4.78 is 5.04. The van der Waals surface area contributed by atoms with Gasteiger partial charge in [-0.3, -0.25) is 0 Å². The number of rotatable bonds is 5. The normalized spacial score (nSPS) is 10.9. The van der Waals surface area contributed by atoms with E-state index in [0.29, 0.717) is 24.6 Å². The number of hydrogen-bond acceptors (Lipinski definition) is 3. The molecule has 0 aliphatic heterocycles. The van der Waals surface area contributed by atoms with Crippen LogP contribution in [0, 0.1) is 0 Å². The molecule has 2 rings (SSSR count). The molecule has 0 saturated carbocycles. The number of ether oxygens (including phenoxy) is 1. The van der Waals surface area contributed by atoms with Gasteiger partial charge in [-0.25, -0.2) is 4.79 Å². The van der Waals surface area contributed by atoms with Gasteiger partial charge in [-0.15, -0.1) is 11.6 Å². The van der Waals surface area contributed by atoms with E-state index in [2.05, 4.69) is 4.98 Å². The van der Waals surface area contributed by atoms with Gasteiger partial charge in [0.2, 0.25) is 0 Å². The highest BCUT2D eigenvalue weighted by atomic mass is 35.5. The van der Waals surface area contributed by atoms with Crippen LogP contribution in [-0.4, -0.2) is 28.5 Å². The van der Waals surface area contributed by atoms with E-state index in [0.717, 1.165) is 22.0 Å². The lowest BCUT2D eigenvalue weighted by molar-refractivity contribution is 0.0519. The van der Waals surface area contributed by atoms with Crippen molar-refractivity contribution in [2.75, 3.05) is 12.5 Å². The summed E-state index contributed by atoms with van der Waals surface area (Å²) in [6.45, 7) is 2.07. The number of aromatic nitrogens is 1. The molecule has 2 aromatic rings. The summed E-state index contributed by atoms with van der Waals surface area (Å²) in [5, 5.41) is 10.1. The van der Waals surface area contributed by atoms with Crippen molar-refractivity contribution in [3.05, 3.63) is 35.0 Å². The number of carbonyl (C=O) groups is 1. The maximum Gasteiger partial charge on any atom is 0.355 e. The smallest absolute Gasteiger partial charge is 0.355 e. The van der Waals surface area contributed by atoms with Crippen molar-refractivity contribution in [2.24, 2.45) is 0 Å². The first kappa shape index (κ1) is 13.9. The molecule has 2 N–H and O–H groups in total. The van der Waals surface area contributed by atoms with Crippen molar-refractivity contribution in [1.29, 1.82) is 0 Å². The Balaban J connectivity index is 2.55. The number of aliphatic hydroxyl groups excluding tert-OH is 1. The summed E-state index contributed by atoms with van der Waals surface area (Å²) in [6, 6.07) is 5.56. The minimum absolute atomic E-state index is 0.0332. The number of benzene rings is 1. The van der Waals surface area contributed by atoms with E-state index >= 15 is 0 Å². The highest BCUT2D eigenvalue weighted by Crippen LogP contribution is 2.25. The van der Waals surface area contributed by atoms with E-state index in [1.807, 2.05) is 18.2 Å². The van der Waals surface area contributed by atoms with Gasteiger partial charge in [0, 0.05) is 16.8 Å². The van der Waals surface area contributed by atoms with Crippen molar-refractivity contribution in [3.8, 4) is 0 Å². The van der Waals surface area contributed by atoms with Gasteiger partial charge in [0.15, 0.2) is 0 Å².